The Labute approximate surface area is 118 Å². The van der Waals surface area contributed by atoms with Crippen molar-refractivity contribution < 1.29 is 9.59 Å². The van der Waals surface area contributed by atoms with Crippen molar-refractivity contribution in [1.29, 1.82) is 0 Å². The molecule has 6 nitrogen and oxygen atoms in total. The van der Waals surface area contributed by atoms with Crippen molar-refractivity contribution in [2.24, 2.45) is 20.0 Å². The van der Waals surface area contributed by atoms with Crippen molar-refractivity contribution in [3.63, 3.8) is 0 Å². The third kappa shape index (κ3) is 1.73. The fourth-order valence-corrected chi connectivity index (χ4v) is 2.63. The number of carbonyl (C=O) groups excluding carboxylic acids is 2. The van der Waals surface area contributed by atoms with E-state index in [9.17, 15) is 9.59 Å². The second-order valence-electron chi connectivity index (χ2n) is 4.74. The molecule has 3 aliphatic rings. The molecular formula is C15H8N4O2. The van der Waals surface area contributed by atoms with Crippen molar-refractivity contribution in [1.82, 2.24) is 0 Å². The number of carbonyl (C=O) groups is 2. The van der Waals surface area contributed by atoms with Gasteiger partial charge in [0.25, 0.3) is 0 Å². The number of benzene rings is 1. The molecule has 6 heteroatoms. The molecule has 0 saturated carbocycles. The van der Waals surface area contributed by atoms with Crippen LogP contribution in [0, 0.1) is 0 Å². The van der Waals surface area contributed by atoms with Crippen LogP contribution < -0.4 is 10.4 Å². The Morgan fingerprint density at radius 3 is 2.86 bits per heavy atom. The number of aliphatic imine (C=N–C) groups is 4. The van der Waals surface area contributed by atoms with Gasteiger partial charge in [-0.15, -0.1) is 0 Å². The molecule has 0 radical (unpaired) electrons. The first-order valence-electron chi connectivity index (χ1n) is 6.36. The van der Waals surface area contributed by atoms with E-state index in [1.807, 2.05) is 12.1 Å². The maximum Gasteiger partial charge on any atom is 0.367 e. The lowest BCUT2D eigenvalue weighted by atomic mass is 9.88. The summed E-state index contributed by atoms with van der Waals surface area (Å²) in [5, 5.41) is 1.50. The van der Waals surface area contributed by atoms with E-state index in [1.165, 1.54) is 6.21 Å². The van der Waals surface area contributed by atoms with Crippen molar-refractivity contribution in [3.05, 3.63) is 28.1 Å². The smallest absolute Gasteiger partial charge is 0.294 e. The molecule has 2 amide bonds. The van der Waals surface area contributed by atoms with Crippen LogP contribution in [-0.2, 0) is 0 Å². The van der Waals surface area contributed by atoms with Gasteiger partial charge in [-0.1, -0.05) is 12.1 Å². The Morgan fingerprint density at radius 1 is 1.05 bits per heavy atom. The molecule has 0 saturated heterocycles. The van der Waals surface area contributed by atoms with Gasteiger partial charge in [0.05, 0.1) is 23.4 Å². The number of nitrogens with zero attached hydrogens (tertiary/aromatic N) is 4. The van der Waals surface area contributed by atoms with Crippen molar-refractivity contribution in [2.75, 3.05) is 0 Å². The van der Waals surface area contributed by atoms with Crippen molar-refractivity contribution >= 4 is 53.6 Å². The fourth-order valence-electron chi connectivity index (χ4n) is 2.63. The molecular weight excluding hydrogens is 268 g/mol. The number of fused-ring (bicyclic) bond motifs is 4. The molecule has 21 heavy (non-hydrogen) atoms. The summed E-state index contributed by atoms with van der Waals surface area (Å²) in [6.45, 7) is 0. The van der Waals surface area contributed by atoms with Crippen LogP contribution >= 0.6 is 0 Å². The SMILES string of the molecule is O=C1N=CC2=c3ccc4c(c3C(=O)CC2=N1)N=CC=NC=4. The Kier molecular flexibility index (Phi) is 2.38. The van der Waals surface area contributed by atoms with E-state index in [0.29, 0.717) is 27.8 Å². The Bertz CT molecular complexity index is 949. The van der Waals surface area contributed by atoms with Crippen LogP contribution in [0.15, 0.2) is 32.1 Å². The van der Waals surface area contributed by atoms with Gasteiger partial charge < -0.3 is 0 Å². The van der Waals surface area contributed by atoms with Gasteiger partial charge in [0.1, 0.15) is 0 Å². The number of urea groups is 1. The third-order valence-corrected chi connectivity index (χ3v) is 3.52. The Balaban J connectivity index is 2.15. The van der Waals surface area contributed by atoms with Crippen LogP contribution in [0.1, 0.15) is 16.8 Å². The highest BCUT2D eigenvalue weighted by Crippen LogP contribution is 2.21. The molecule has 0 spiro atoms. The van der Waals surface area contributed by atoms with Gasteiger partial charge >= 0.3 is 6.03 Å². The van der Waals surface area contributed by atoms with Gasteiger partial charge in [-0.25, -0.2) is 4.79 Å². The van der Waals surface area contributed by atoms with Crippen LogP contribution in [0.25, 0.3) is 11.8 Å². The van der Waals surface area contributed by atoms with E-state index in [0.717, 1.165) is 5.22 Å². The molecule has 4 rings (SSSR count). The molecule has 1 aromatic carbocycles. The predicted molar refractivity (Wildman–Crippen MR) is 80.5 cm³/mol. The van der Waals surface area contributed by atoms with E-state index in [1.54, 1.807) is 18.6 Å². The van der Waals surface area contributed by atoms with Crippen LogP contribution in [0.5, 0.6) is 0 Å². The van der Waals surface area contributed by atoms with Crippen LogP contribution in [0.3, 0.4) is 0 Å². The highest BCUT2D eigenvalue weighted by atomic mass is 16.2. The minimum atomic E-state index is -0.570. The summed E-state index contributed by atoms with van der Waals surface area (Å²) >= 11 is 0. The first-order chi connectivity index (χ1) is 10.2. The Morgan fingerprint density at radius 2 is 1.95 bits per heavy atom. The summed E-state index contributed by atoms with van der Waals surface area (Å²) in [5.41, 5.74) is 2.34. The number of hydrogen-bond acceptors (Lipinski definition) is 4. The largest absolute Gasteiger partial charge is 0.367 e. The second-order valence-corrected chi connectivity index (χ2v) is 4.74. The first kappa shape index (κ1) is 11.8. The lowest BCUT2D eigenvalue weighted by Gasteiger charge is -2.17. The second kappa shape index (κ2) is 4.24. The summed E-state index contributed by atoms with van der Waals surface area (Å²) in [6, 6.07) is 3.10. The van der Waals surface area contributed by atoms with Crippen molar-refractivity contribution in [3.8, 4) is 0 Å². The average molecular weight is 276 g/mol. The monoisotopic (exact) mass is 276 g/mol. The zero-order chi connectivity index (χ0) is 14.4. The van der Waals surface area contributed by atoms with Gasteiger partial charge in [-0.2, -0.15) is 9.98 Å². The van der Waals surface area contributed by atoms with Gasteiger partial charge in [0.15, 0.2) is 5.78 Å². The quantitative estimate of drug-likeness (QED) is 0.694. The molecule has 100 valence electrons. The molecule has 2 aliphatic heterocycles. The summed E-state index contributed by atoms with van der Waals surface area (Å²) < 4.78 is 0. The van der Waals surface area contributed by atoms with Crippen LogP contribution in [-0.4, -0.2) is 36.2 Å². The van der Waals surface area contributed by atoms with E-state index in [4.69, 9.17) is 0 Å². The number of Topliss-reactive ketones (excluding diaryl/α,β-unsaturated/α-hetero) is 1. The van der Waals surface area contributed by atoms with E-state index in [2.05, 4.69) is 20.0 Å². The molecule has 0 N–H and O–H groups in total. The van der Waals surface area contributed by atoms with Gasteiger partial charge in [-0.05, 0) is 5.22 Å². The summed E-state index contributed by atoms with van der Waals surface area (Å²) in [6.07, 6.45) is 6.36. The molecule has 2 heterocycles. The number of rotatable bonds is 0. The molecule has 0 bridgehead atoms. The average Bonchev–Trinajstić information content (AvgIpc) is 2.71. The molecule has 0 fully saturated rings. The summed E-state index contributed by atoms with van der Waals surface area (Å²) in [4.78, 5) is 39.6. The number of ketones is 1. The van der Waals surface area contributed by atoms with E-state index >= 15 is 0 Å². The van der Waals surface area contributed by atoms with E-state index in [-0.39, 0.29) is 12.2 Å². The van der Waals surface area contributed by atoms with Crippen LogP contribution in [0.4, 0.5) is 10.5 Å². The van der Waals surface area contributed by atoms with Gasteiger partial charge in [0.2, 0.25) is 0 Å². The lowest BCUT2D eigenvalue weighted by Crippen LogP contribution is -2.33. The van der Waals surface area contributed by atoms with Gasteiger partial charge in [0, 0.05) is 35.6 Å². The third-order valence-electron chi connectivity index (χ3n) is 3.52. The number of hydrogen-bond donors (Lipinski definition) is 0. The minimum Gasteiger partial charge on any atom is -0.294 e. The Hall–Kier alpha value is -3.02. The molecule has 1 aromatic rings. The maximum atomic E-state index is 12.5. The molecule has 0 atom stereocenters. The highest BCUT2D eigenvalue weighted by molar-refractivity contribution is 6.46. The van der Waals surface area contributed by atoms with E-state index < -0.39 is 6.03 Å². The van der Waals surface area contributed by atoms with Crippen LogP contribution in [0.2, 0.25) is 0 Å². The zero-order valence-electron chi connectivity index (χ0n) is 10.8. The minimum absolute atomic E-state index is 0.0902. The molecule has 0 aromatic heterocycles. The van der Waals surface area contributed by atoms with Gasteiger partial charge in [-0.3, -0.25) is 14.8 Å². The lowest BCUT2D eigenvalue weighted by molar-refractivity contribution is 0.0999. The first-order valence-corrected chi connectivity index (χ1v) is 6.36. The summed E-state index contributed by atoms with van der Waals surface area (Å²) in [7, 11) is 0. The molecule has 1 aliphatic carbocycles. The summed E-state index contributed by atoms with van der Waals surface area (Å²) in [5.74, 6) is -0.0973. The zero-order valence-corrected chi connectivity index (χ0v) is 10.8. The predicted octanol–water partition coefficient (Wildman–Crippen LogP) is 0.594. The number of amides is 2. The maximum absolute atomic E-state index is 12.5. The highest BCUT2D eigenvalue weighted by Gasteiger charge is 2.27. The van der Waals surface area contributed by atoms with Crippen molar-refractivity contribution in [2.45, 2.75) is 6.42 Å². The standard InChI is InChI=1S/C15H8N4O2/c20-12-5-11-10(7-18-15(21)19-11)9-2-1-8-6-16-3-4-17-14(8)13(9)12/h1-4,6-7H,5H2. The topological polar surface area (TPSA) is 83.6 Å². The normalized spacial score (nSPS) is 18.5. The molecule has 0 unspecified atom stereocenters. The fraction of sp³-hybridized carbons (Fsp3) is 0.0667.